The Morgan fingerprint density at radius 2 is 1.48 bits per heavy atom. The molecule has 0 saturated heterocycles. The molecule has 2 atom stereocenters. The van der Waals surface area contributed by atoms with E-state index in [4.69, 9.17) is 4.74 Å². The summed E-state index contributed by atoms with van der Waals surface area (Å²) in [7, 11) is 0. The van der Waals surface area contributed by atoms with Gasteiger partial charge < -0.3 is 4.74 Å². The zero-order valence-corrected chi connectivity index (χ0v) is 14.0. The molecule has 0 aliphatic carbocycles. The third-order valence-corrected chi connectivity index (χ3v) is 4.55. The van der Waals surface area contributed by atoms with Gasteiger partial charge in [0.25, 0.3) is 0 Å². The van der Waals surface area contributed by atoms with Crippen molar-refractivity contribution < 1.29 is 4.74 Å². The smallest absolute Gasteiger partial charge is 0.117 e. The predicted octanol–water partition coefficient (Wildman–Crippen LogP) is 4.77. The number of rotatable bonds is 6. The van der Waals surface area contributed by atoms with Crippen LogP contribution in [0, 0.1) is 0 Å². The van der Waals surface area contributed by atoms with E-state index in [9.17, 15) is 0 Å². The van der Waals surface area contributed by atoms with E-state index >= 15 is 0 Å². The highest BCUT2D eigenvalue weighted by molar-refractivity contribution is 5.17. The molecule has 3 rings (SSSR count). The molecular weight excluding hydrogens is 282 g/mol. The molecule has 2 heteroatoms. The summed E-state index contributed by atoms with van der Waals surface area (Å²) < 4.78 is 6.00. The van der Waals surface area contributed by atoms with Crippen molar-refractivity contribution in [3.8, 4) is 0 Å². The van der Waals surface area contributed by atoms with Crippen molar-refractivity contribution in [3.05, 3.63) is 83.6 Å². The summed E-state index contributed by atoms with van der Waals surface area (Å²) in [4.78, 5) is 2.52. The molecule has 0 spiro atoms. The maximum Gasteiger partial charge on any atom is 0.117 e. The Morgan fingerprint density at radius 3 is 1.91 bits per heavy atom. The molecule has 0 saturated carbocycles. The normalized spacial score (nSPS) is 18.6. The second kappa shape index (κ2) is 7.47. The second-order valence-corrected chi connectivity index (χ2v) is 6.32. The fraction of sp³-hybridized carbons (Fsp3) is 0.333. The fourth-order valence-electron chi connectivity index (χ4n) is 3.13. The van der Waals surface area contributed by atoms with Gasteiger partial charge in [0, 0.05) is 25.6 Å². The highest BCUT2D eigenvalue weighted by atomic mass is 16.5. The van der Waals surface area contributed by atoms with E-state index < -0.39 is 0 Å². The highest BCUT2D eigenvalue weighted by Gasteiger charge is 2.27. The van der Waals surface area contributed by atoms with Gasteiger partial charge in [0.2, 0.25) is 0 Å². The van der Waals surface area contributed by atoms with Gasteiger partial charge in [-0.25, -0.2) is 0 Å². The molecule has 23 heavy (non-hydrogen) atoms. The van der Waals surface area contributed by atoms with Gasteiger partial charge in [-0.05, 0) is 31.1 Å². The maximum absolute atomic E-state index is 6.00. The number of hydrogen-bond acceptors (Lipinski definition) is 2. The van der Waals surface area contributed by atoms with Crippen LogP contribution in [0.15, 0.2) is 72.5 Å². The number of benzene rings is 2. The minimum atomic E-state index is 0.252. The van der Waals surface area contributed by atoms with Gasteiger partial charge in [-0.1, -0.05) is 60.7 Å². The maximum atomic E-state index is 6.00. The van der Waals surface area contributed by atoms with Crippen molar-refractivity contribution in [2.45, 2.75) is 45.5 Å². The summed E-state index contributed by atoms with van der Waals surface area (Å²) in [5, 5.41) is 0. The minimum Gasteiger partial charge on any atom is -0.493 e. The molecule has 1 aliphatic heterocycles. The average Bonchev–Trinajstić information content (AvgIpc) is 3.02. The third kappa shape index (κ3) is 4.23. The van der Waals surface area contributed by atoms with Crippen molar-refractivity contribution in [1.82, 2.24) is 4.90 Å². The lowest BCUT2D eigenvalue weighted by Gasteiger charge is -2.33. The van der Waals surface area contributed by atoms with Crippen LogP contribution >= 0.6 is 0 Å². The van der Waals surface area contributed by atoms with Crippen LogP contribution in [0.25, 0.3) is 0 Å². The van der Waals surface area contributed by atoms with Crippen LogP contribution < -0.4 is 0 Å². The van der Waals surface area contributed by atoms with Crippen LogP contribution in [0.5, 0.6) is 0 Å². The molecule has 1 aliphatic rings. The van der Waals surface area contributed by atoms with E-state index in [0.717, 1.165) is 25.3 Å². The molecule has 0 N–H and O–H groups in total. The number of hydrogen-bond donors (Lipinski definition) is 0. The second-order valence-electron chi connectivity index (χ2n) is 6.32. The van der Waals surface area contributed by atoms with Gasteiger partial charge >= 0.3 is 0 Å². The summed E-state index contributed by atoms with van der Waals surface area (Å²) in [6.07, 6.45) is 3.46. The molecule has 2 nitrogen and oxygen atoms in total. The quantitative estimate of drug-likeness (QED) is 0.762. The first-order valence-corrected chi connectivity index (χ1v) is 8.37. The van der Waals surface area contributed by atoms with Crippen LogP contribution in [0.4, 0.5) is 0 Å². The highest BCUT2D eigenvalue weighted by Crippen LogP contribution is 2.24. The van der Waals surface area contributed by atoms with Gasteiger partial charge in [0.1, 0.15) is 6.10 Å². The lowest BCUT2D eigenvalue weighted by molar-refractivity contribution is 0.0402. The fourth-order valence-corrected chi connectivity index (χ4v) is 3.13. The van der Waals surface area contributed by atoms with E-state index in [1.54, 1.807) is 0 Å². The van der Waals surface area contributed by atoms with E-state index in [2.05, 4.69) is 78.6 Å². The molecule has 1 heterocycles. The predicted molar refractivity (Wildman–Crippen MR) is 94.8 cm³/mol. The summed E-state index contributed by atoms with van der Waals surface area (Å²) in [5.74, 6) is 1.06. The number of ether oxygens (including phenoxy) is 1. The topological polar surface area (TPSA) is 12.5 Å². The molecule has 0 fully saturated rings. The minimum absolute atomic E-state index is 0.252. The van der Waals surface area contributed by atoms with Crippen LogP contribution in [0.2, 0.25) is 0 Å². The first kappa shape index (κ1) is 15.8. The molecule has 0 amide bonds. The molecule has 0 aromatic heterocycles. The first-order chi connectivity index (χ1) is 11.2. The Bertz CT molecular complexity index is 594. The van der Waals surface area contributed by atoms with Gasteiger partial charge in [-0.15, -0.1) is 0 Å². The Hall–Kier alpha value is -2.06. The molecule has 2 aromatic rings. The molecule has 2 aromatic carbocycles. The van der Waals surface area contributed by atoms with E-state index in [0.29, 0.717) is 6.04 Å². The van der Waals surface area contributed by atoms with Crippen molar-refractivity contribution in [1.29, 1.82) is 0 Å². The molecule has 0 bridgehead atoms. The molecule has 0 radical (unpaired) electrons. The summed E-state index contributed by atoms with van der Waals surface area (Å²) >= 11 is 0. The lowest BCUT2D eigenvalue weighted by Crippen LogP contribution is -2.40. The van der Waals surface area contributed by atoms with Gasteiger partial charge in [-0.2, -0.15) is 0 Å². The van der Waals surface area contributed by atoms with Crippen LogP contribution in [0.3, 0.4) is 0 Å². The van der Waals surface area contributed by atoms with Crippen molar-refractivity contribution in [2.75, 3.05) is 0 Å². The van der Waals surface area contributed by atoms with Gasteiger partial charge in [-0.3, -0.25) is 4.90 Å². The number of nitrogens with zero attached hydrogens (tertiary/aromatic N) is 1. The molecular formula is C21H25NO. The summed E-state index contributed by atoms with van der Waals surface area (Å²) in [6.45, 7) is 6.21. The average molecular weight is 307 g/mol. The van der Waals surface area contributed by atoms with E-state index in [1.165, 1.54) is 11.1 Å². The van der Waals surface area contributed by atoms with Crippen molar-refractivity contribution >= 4 is 0 Å². The van der Waals surface area contributed by atoms with Crippen molar-refractivity contribution in [2.24, 2.45) is 0 Å². The van der Waals surface area contributed by atoms with Crippen LogP contribution in [0.1, 0.15) is 31.4 Å². The van der Waals surface area contributed by atoms with Gasteiger partial charge in [0.05, 0.1) is 5.76 Å². The molecule has 120 valence electrons. The molecule has 0 unspecified atom stereocenters. The third-order valence-electron chi connectivity index (χ3n) is 4.55. The van der Waals surface area contributed by atoms with Crippen LogP contribution in [-0.2, 0) is 17.8 Å². The van der Waals surface area contributed by atoms with Crippen LogP contribution in [-0.4, -0.2) is 17.0 Å². The largest absolute Gasteiger partial charge is 0.493 e. The summed E-state index contributed by atoms with van der Waals surface area (Å²) in [5.41, 5.74) is 2.69. The number of allylic oxidation sites excluding steroid dienone is 1. The van der Waals surface area contributed by atoms with E-state index in [-0.39, 0.29) is 6.10 Å². The Kier molecular flexibility index (Phi) is 5.14. The Labute approximate surface area is 139 Å². The van der Waals surface area contributed by atoms with E-state index in [1.807, 2.05) is 6.92 Å². The first-order valence-electron chi connectivity index (χ1n) is 8.37. The summed E-state index contributed by atoms with van der Waals surface area (Å²) in [6, 6.07) is 21.7. The zero-order chi connectivity index (χ0) is 16.1. The SMILES string of the molecule is CC1=CC[C@@H]([C@H](C)N(Cc2ccccc2)Cc2ccccc2)O1. The Balaban J connectivity index is 1.75. The standard InChI is InChI=1S/C21H25NO/c1-17-13-14-21(23-17)18(2)22(15-19-9-5-3-6-10-19)16-20-11-7-4-8-12-20/h3-13,18,21H,14-16H2,1-2H3/t18-,21-/m0/s1. The van der Waals surface area contributed by atoms with Gasteiger partial charge in [0.15, 0.2) is 0 Å². The monoisotopic (exact) mass is 307 g/mol. The zero-order valence-electron chi connectivity index (χ0n) is 14.0. The van der Waals surface area contributed by atoms with Crippen molar-refractivity contribution in [3.63, 3.8) is 0 Å². The lowest BCUT2D eigenvalue weighted by atomic mass is 10.1. The Morgan fingerprint density at radius 1 is 0.957 bits per heavy atom.